The first-order valence-electron chi connectivity index (χ1n) is 8.13. The van der Waals surface area contributed by atoms with Crippen molar-refractivity contribution in [2.24, 2.45) is 0 Å². The molecule has 0 spiro atoms. The van der Waals surface area contributed by atoms with Crippen LogP contribution in [0.3, 0.4) is 0 Å². The van der Waals surface area contributed by atoms with Crippen molar-refractivity contribution in [3.8, 4) is 5.69 Å². The number of nitro groups is 1. The van der Waals surface area contributed by atoms with Crippen molar-refractivity contribution < 1.29 is 18.8 Å². The molecule has 9 heteroatoms. The van der Waals surface area contributed by atoms with E-state index in [-0.39, 0.29) is 18.0 Å². The standard InChI is InChI=1S/C19H14FN3O5/c1-12-10-17(24)18(21-22(12)16-5-3-2-4-15(16)20)19(25)28-11-13-6-8-14(9-7-13)23(26)27/h2-10H,11H2,1H3. The molecule has 0 atom stereocenters. The van der Waals surface area contributed by atoms with Gasteiger partial charge in [0, 0.05) is 23.9 Å². The summed E-state index contributed by atoms with van der Waals surface area (Å²) in [4.78, 5) is 34.5. The molecule has 0 N–H and O–H groups in total. The van der Waals surface area contributed by atoms with Crippen LogP contribution in [0.4, 0.5) is 10.1 Å². The molecule has 0 saturated carbocycles. The van der Waals surface area contributed by atoms with E-state index < -0.39 is 27.8 Å². The molecule has 28 heavy (non-hydrogen) atoms. The van der Waals surface area contributed by atoms with Gasteiger partial charge in [0.1, 0.15) is 18.1 Å². The average molecular weight is 383 g/mol. The van der Waals surface area contributed by atoms with Crippen molar-refractivity contribution >= 4 is 11.7 Å². The molecule has 0 aliphatic rings. The lowest BCUT2D eigenvalue weighted by molar-refractivity contribution is -0.384. The fourth-order valence-electron chi connectivity index (χ4n) is 2.49. The van der Waals surface area contributed by atoms with Crippen molar-refractivity contribution in [3.63, 3.8) is 0 Å². The van der Waals surface area contributed by atoms with Crippen molar-refractivity contribution in [3.05, 3.63) is 97.7 Å². The number of aryl methyl sites for hydroxylation is 1. The number of carbonyl (C=O) groups excluding carboxylic acids is 1. The van der Waals surface area contributed by atoms with Gasteiger partial charge in [-0.15, -0.1) is 0 Å². The number of hydrogen-bond acceptors (Lipinski definition) is 6. The highest BCUT2D eigenvalue weighted by Crippen LogP contribution is 2.15. The summed E-state index contributed by atoms with van der Waals surface area (Å²) in [7, 11) is 0. The van der Waals surface area contributed by atoms with Gasteiger partial charge in [0.25, 0.3) is 5.69 Å². The van der Waals surface area contributed by atoms with Gasteiger partial charge in [-0.2, -0.15) is 5.10 Å². The summed E-state index contributed by atoms with van der Waals surface area (Å²) in [5, 5.41) is 14.6. The van der Waals surface area contributed by atoms with Gasteiger partial charge in [-0.3, -0.25) is 14.9 Å². The Hall–Kier alpha value is -3.88. The molecular weight excluding hydrogens is 369 g/mol. The fraction of sp³-hybridized carbons (Fsp3) is 0.105. The van der Waals surface area contributed by atoms with E-state index in [0.29, 0.717) is 11.3 Å². The largest absolute Gasteiger partial charge is 0.456 e. The van der Waals surface area contributed by atoms with E-state index in [2.05, 4.69) is 5.10 Å². The number of aromatic nitrogens is 2. The second-order valence-electron chi connectivity index (χ2n) is 5.86. The van der Waals surface area contributed by atoms with E-state index in [1.54, 1.807) is 13.0 Å². The number of benzene rings is 2. The van der Waals surface area contributed by atoms with Crippen LogP contribution >= 0.6 is 0 Å². The molecule has 1 heterocycles. The molecule has 0 aliphatic heterocycles. The highest BCUT2D eigenvalue weighted by atomic mass is 19.1. The van der Waals surface area contributed by atoms with Crippen LogP contribution in [0.1, 0.15) is 21.7 Å². The van der Waals surface area contributed by atoms with Crippen molar-refractivity contribution in [1.82, 2.24) is 9.78 Å². The monoisotopic (exact) mass is 383 g/mol. The Bertz CT molecular complexity index is 1110. The summed E-state index contributed by atoms with van der Waals surface area (Å²) < 4.78 is 20.3. The Morgan fingerprint density at radius 2 is 1.89 bits per heavy atom. The Balaban J connectivity index is 1.83. The van der Waals surface area contributed by atoms with Crippen LogP contribution < -0.4 is 5.43 Å². The average Bonchev–Trinajstić information content (AvgIpc) is 2.67. The van der Waals surface area contributed by atoms with E-state index in [4.69, 9.17) is 4.74 Å². The summed E-state index contributed by atoms with van der Waals surface area (Å²) in [5.74, 6) is -1.54. The molecule has 0 amide bonds. The van der Waals surface area contributed by atoms with Crippen LogP contribution in [0.2, 0.25) is 0 Å². The fourth-order valence-corrected chi connectivity index (χ4v) is 2.49. The predicted octanol–water partition coefficient (Wildman–Crippen LogP) is 2.95. The Morgan fingerprint density at radius 1 is 1.21 bits per heavy atom. The van der Waals surface area contributed by atoms with Crippen LogP contribution in [0.15, 0.2) is 59.4 Å². The number of para-hydroxylation sites is 1. The molecule has 3 aromatic rings. The molecule has 8 nitrogen and oxygen atoms in total. The lowest BCUT2D eigenvalue weighted by Crippen LogP contribution is -2.24. The van der Waals surface area contributed by atoms with E-state index in [9.17, 15) is 24.1 Å². The van der Waals surface area contributed by atoms with Crippen molar-refractivity contribution in [1.29, 1.82) is 0 Å². The summed E-state index contributed by atoms with van der Waals surface area (Å²) in [5.41, 5.74) is -0.301. The number of esters is 1. The number of nitro benzene ring substituents is 1. The van der Waals surface area contributed by atoms with E-state index in [0.717, 1.165) is 4.68 Å². The third kappa shape index (κ3) is 3.93. The molecule has 0 saturated heterocycles. The predicted molar refractivity (Wildman–Crippen MR) is 96.7 cm³/mol. The van der Waals surface area contributed by atoms with E-state index >= 15 is 0 Å². The molecule has 0 fully saturated rings. The molecule has 2 aromatic carbocycles. The van der Waals surface area contributed by atoms with E-state index in [1.807, 2.05) is 0 Å². The van der Waals surface area contributed by atoms with Gasteiger partial charge in [-0.05, 0) is 36.8 Å². The molecule has 0 unspecified atom stereocenters. The second kappa shape index (κ2) is 7.78. The zero-order valence-electron chi connectivity index (χ0n) is 14.7. The Kier molecular flexibility index (Phi) is 5.25. The maximum Gasteiger partial charge on any atom is 0.363 e. The van der Waals surface area contributed by atoms with Crippen LogP contribution in [0.5, 0.6) is 0 Å². The number of rotatable bonds is 5. The third-order valence-corrected chi connectivity index (χ3v) is 3.90. The smallest absolute Gasteiger partial charge is 0.363 e. The zero-order chi connectivity index (χ0) is 20.3. The molecule has 0 aliphatic carbocycles. The number of hydrogen-bond donors (Lipinski definition) is 0. The van der Waals surface area contributed by atoms with Gasteiger partial charge < -0.3 is 4.74 Å². The summed E-state index contributed by atoms with van der Waals surface area (Å²) in [6.45, 7) is 1.36. The minimum absolute atomic E-state index is 0.0874. The van der Waals surface area contributed by atoms with Gasteiger partial charge in [0.2, 0.25) is 11.1 Å². The second-order valence-corrected chi connectivity index (χ2v) is 5.86. The van der Waals surface area contributed by atoms with Crippen molar-refractivity contribution in [2.75, 3.05) is 0 Å². The maximum atomic E-state index is 14.0. The number of halogens is 1. The summed E-state index contributed by atoms with van der Waals surface area (Å²) in [6, 6.07) is 12.4. The summed E-state index contributed by atoms with van der Waals surface area (Å²) >= 11 is 0. The third-order valence-electron chi connectivity index (χ3n) is 3.90. The maximum absolute atomic E-state index is 14.0. The lowest BCUT2D eigenvalue weighted by atomic mass is 10.2. The number of carbonyl (C=O) groups is 1. The highest BCUT2D eigenvalue weighted by Gasteiger charge is 2.18. The van der Waals surface area contributed by atoms with Gasteiger partial charge in [0.15, 0.2) is 0 Å². The first-order chi connectivity index (χ1) is 13.4. The number of ether oxygens (including phenoxy) is 1. The molecule has 3 rings (SSSR count). The highest BCUT2D eigenvalue weighted by molar-refractivity contribution is 5.86. The Labute approximate surface area is 158 Å². The van der Waals surface area contributed by atoms with Crippen LogP contribution in [-0.4, -0.2) is 20.7 Å². The molecule has 142 valence electrons. The van der Waals surface area contributed by atoms with E-state index in [1.165, 1.54) is 48.5 Å². The topological polar surface area (TPSA) is 104 Å². The number of nitrogens with zero attached hydrogens (tertiary/aromatic N) is 3. The molecule has 0 bridgehead atoms. The summed E-state index contributed by atoms with van der Waals surface area (Å²) in [6.07, 6.45) is 0. The minimum atomic E-state index is -0.978. The van der Waals surface area contributed by atoms with Crippen LogP contribution in [0, 0.1) is 22.9 Å². The molecule has 1 aromatic heterocycles. The zero-order valence-corrected chi connectivity index (χ0v) is 14.7. The first-order valence-corrected chi connectivity index (χ1v) is 8.13. The van der Waals surface area contributed by atoms with Gasteiger partial charge in [0.05, 0.1) is 4.92 Å². The SMILES string of the molecule is Cc1cc(=O)c(C(=O)OCc2ccc([N+](=O)[O-])cc2)nn1-c1ccccc1F. The van der Waals surface area contributed by atoms with Crippen LogP contribution in [0.25, 0.3) is 5.69 Å². The molecular formula is C19H14FN3O5. The van der Waals surface area contributed by atoms with Crippen molar-refractivity contribution in [2.45, 2.75) is 13.5 Å². The lowest BCUT2D eigenvalue weighted by Gasteiger charge is -2.11. The minimum Gasteiger partial charge on any atom is -0.456 e. The molecule has 0 radical (unpaired) electrons. The Morgan fingerprint density at radius 3 is 2.54 bits per heavy atom. The van der Waals surface area contributed by atoms with Crippen LogP contribution in [-0.2, 0) is 11.3 Å². The van der Waals surface area contributed by atoms with Gasteiger partial charge in [-0.25, -0.2) is 13.9 Å². The first kappa shape index (κ1) is 18.9. The van der Waals surface area contributed by atoms with Gasteiger partial charge in [-0.1, -0.05) is 12.1 Å². The quantitative estimate of drug-likeness (QED) is 0.381. The number of non-ortho nitro benzene ring substituents is 1. The van der Waals surface area contributed by atoms with Gasteiger partial charge >= 0.3 is 5.97 Å². The normalized spacial score (nSPS) is 10.5.